The standard InChI is InChI=1S/C24H22N2O3S2/c1-13-3-2-4-14(9-13)12-30-24-26-18-8-7-17(11-19(18)31-24)25-22(27)20-15-5-6-16(10-15)21(20)23(28)29/h2-9,11,15-16,20-21H,10,12H2,1H3,(H,25,27)(H,28,29)/t15-,16-,20-,21+/m0/s1. The van der Waals surface area contributed by atoms with Gasteiger partial charge in [0.2, 0.25) is 5.91 Å². The Hall–Kier alpha value is -2.64. The fourth-order valence-corrected chi connectivity index (χ4v) is 6.78. The number of aromatic nitrogens is 1. The molecule has 2 N–H and O–H groups in total. The van der Waals surface area contributed by atoms with E-state index in [1.165, 1.54) is 11.1 Å². The monoisotopic (exact) mass is 450 g/mol. The summed E-state index contributed by atoms with van der Waals surface area (Å²) in [5.74, 6) is -1.39. The number of hydrogen-bond acceptors (Lipinski definition) is 5. The molecule has 5 nitrogen and oxygen atoms in total. The second-order valence-electron chi connectivity index (χ2n) is 8.27. The predicted octanol–water partition coefficient (Wildman–Crippen LogP) is 5.36. The SMILES string of the molecule is Cc1cccc(CSc2nc3ccc(NC(=O)[C@@H]4[C@H](C(=O)O)[C@H]5C=C[C@H]4C5)cc3s2)c1. The molecule has 2 aromatic carbocycles. The average Bonchev–Trinajstić information content (AvgIpc) is 3.45. The summed E-state index contributed by atoms with van der Waals surface area (Å²) in [6.07, 6.45) is 4.70. The van der Waals surface area contributed by atoms with Crippen LogP contribution in [0.1, 0.15) is 17.5 Å². The van der Waals surface area contributed by atoms with Gasteiger partial charge in [-0.15, -0.1) is 11.3 Å². The first kappa shape index (κ1) is 20.3. The highest BCUT2D eigenvalue weighted by molar-refractivity contribution is 8.00. The lowest BCUT2D eigenvalue weighted by molar-refractivity contribution is -0.146. The van der Waals surface area contributed by atoms with E-state index in [0.29, 0.717) is 5.69 Å². The van der Waals surface area contributed by atoms with E-state index in [-0.39, 0.29) is 17.7 Å². The van der Waals surface area contributed by atoms with E-state index in [9.17, 15) is 14.7 Å². The van der Waals surface area contributed by atoms with Gasteiger partial charge in [-0.3, -0.25) is 9.59 Å². The normalized spacial score (nSPS) is 24.0. The van der Waals surface area contributed by atoms with Gasteiger partial charge in [-0.2, -0.15) is 0 Å². The molecule has 3 aromatic rings. The number of hydrogen-bond donors (Lipinski definition) is 2. The van der Waals surface area contributed by atoms with Gasteiger partial charge in [0.15, 0.2) is 4.34 Å². The molecule has 1 heterocycles. The van der Waals surface area contributed by atoms with Crippen molar-refractivity contribution in [2.45, 2.75) is 23.4 Å². The average molecular weight is 451 g/mol. The summed E-state index contributed by atoms with van der Waals surface area (Å²) in [6.45, 7) is 2.09. The van der Waals surface area contributed by atoms with Gasteiger partial charge in [0.1, 0.15) is 0 Å². The highest BCUT2D eigenvalue weighted by Crippen LogP contribution is 2.48. The molecule has 2 aliphatic carbocycles. The first-order chi connectivity index (χ1) is 15.0. The van der Waals surface area contributed by atoms with E-state index in [1.807, 2.05) is 30.4 Å². The summed E-state index contributed by atoms with van der Waals surface area (Å²) in [5, 5.41) is 12.5. The molecule has 2 aliphatic rings. The summed E-state index contributed by atoms with van der Waals surface area (Å²) in [4.78, 5) is 29.3. The minimum atomic E-state index is -0.884. The number of aliphatic carboxylic acids is 1. The lowest BCUT2D eigenvalue weighted by Gasteiger charge is -2.23. The molecule has 2 bridgehead atoms. The van der Waals surface area contributed by atoms with Gasteiger partial charge in [0.25, 0.3) is 0 Å². The van der Waals surface area contributed by atoms with Gasteiger partial charge in [-0.05, 0) is 48.9 Å². The number of carboxylic acids is 1. The van der Waals surface area contributed by atoms with Gasteiger partial charge in [0, 0.05) is 11.4 Å². The number of benzene rings is 2. The summed E-state index contributed by atoms with van der Waals surface area (Å²) in [5.41, 5.74) is 4.11. The largest absolute Gasteiger partial charge is 0.481 e. The number of aryl methyl sites for hydroxylation is 1. The first-order valence-electron chi connectivity index (χ1n) is 10.3. The zero-order valence-corrected chi connectivity index (χ0v) is 18.6. The third kappa shape index (κ3) is 4.00. The number of rotatable bonds is 6. The lowest BCUT2D eigenvalue weighted by atomic mass is 9.82. The predicted molar refractivity (Wildman–Crippen MR) is 124 cm³/mol. The third-order valence-electron chi connectivity index (χ3n) is 6.13. The van der Waals surface area contributed by atoms with Crippen LogP contribution in [0.2, 0.25) is 0 Å². The molecule has 1 amide bonds. The zero-order valence-electron chi connectivity index (χ0n) is 16.9. The molecule has 31 heavy (non-hydrogen) atoms. The van der Waals surface area contributed by atoms with Crippen LogP contribution in [0, 0.1) is 30.6 Å². The van der Waals surface area contributed by atoms with E-state index in [2.05, 4.69) is 36.5 Å². The Morgan fingerprint density at radius 1 is 1.16 bits per heavy atom. The summed E-state index contributed by atoms with van der Waals surface area (Å²) >= 11 is 3.31. The minimum absolute atomic E-state index is 0.0165. The Bertz CT molecular complexity index is 1200. The van der Waals surface area contributed by atoms with Crippen LogP contribution in [-0.2, 0) is 15.3 Å². The van der Waals surface area contributed by atoms with E-state index in [1.54, 1.807) is 23.1 Å². The maximum atomic E-state index is 12.9. The van der Waals surface area contributed by atoms with Crippen molar-refractivity contribution in [3.8, 4) is 0 Å². The number of carbonyl (C=O) groups is 2. The Labute approximate surface area is 188 Å². The maximum Gasteiger partial charge on any atom is 0.307 e. The van der Waals surface area contributed by atoms with Crippen molar-refractivity contribution in [2.75, 3.05) is 5.32 Å². The van der Waals surface area contributed by atoms with E-state index < -0.39 is 17.8 Å². The van der Waals surface area contributed by atoms with Crippen LogP contribution in [0.25, 0.3) is 10.2 Å². The van der Waals surface area contributed by atoms with Crippen LogP contribution in [0.5, 0.6) is 0 Å². The number of carboxylic acid groups (broad SMARTS) is 1. The van der Waals surface area contributed by atoms with Gasteiger partial charge in [0.05, 0.1) is 22.1 Å². The second-order valence-corrected chi connectivity index (χ2v) is 10.5. The molecule has 1 saturated carbocycles. The van der Waals surface area contributed by atoms with Crippen molar-refractivity contribution in [3.05, 3.63) is 65.7 Å². The van der Waals surface area contributed by atoms with E-state index in [4.69, 9.17) is 4.98 Å². The first-order valence-corrected chi connectivity index (χ1v) is 12.1. The van der Waals surface area contributed by atoms with Crippen molar-refractivity contribution in [2.24, 2.45) is 23.7 Å². The number of carbonyl (C=O) groups excluding carboxylic acids is 1. The number of amides is 1. The van der Waals surface area contributed by atoms with Gasteiger partial charge in [-0.25, -0.2) is 4.98 Å². The Kier molecular flexibility index (Phi) is 5.32. The number of fused-ring (bicyclic) bond motifs is 3. The molecular formula is C24H22N2O3S2. The summed E-state index contributed by atoms with van der Waals surface area (Å²) in [6, 6.07) is 14.1. The minimum Gasteiger partial charge on any atom is -0.481 e. The zero-order chi connectivity index (χ0) is 21.5. The number of allylic oxidation sites excluding steroid dienone is 2. The Morgan fingerprint density at radius 2 is 1.97 bits per heavy atom. The van der Waals surface area contributed by atoms with Gasteiger partial charge in [-0.1, -0.05) is 53.7 Å². The van der Waals surface area contributed by atoms with Crippen LogP contribution >= 0.6 is 23.1 Å². The third-order valence-corrected chi connectivity index (χ3v) is 8.36. The Morgan fingerprint density at radius 3 is 2.74 bits per heavy atom. The topological polar surface area (TPSA) is 79.3 Å². The van der Waals surface area contributed by atoms with Gasteiger partial charge >= 0.3 is 5.97 Å². The molecule has 0 aliphatic heterocycles. The molecule has 0 unspecified atom stereocenters. The molecule has 5 rings (SSSR count). The van der Waals surface area contributed by atoms with Crippen LogP contribution in [0.3, 0.4) is 0 Å². The van der Waals surface area contributed by atoms with Crippen molar-refractivity contribution in [1.82, 2.24) is 4.98 Å². The molecule has 1 fully saturated rings. The van der Waals surface area contributed by atoms with Crippen LogP contribution in [-0.4, -0.2) is 22.0 Å². The highest BCUT2D eigenvalue weighted by atomic mass is 32.2. The number of nitrogens with one attached hydrogen (secondary N) is 1. The number of thiazole rings is 1. The second kappa shape index (κ2) is 8.13. The fourth-order valence-electron chi connectivity index (χ4n) is 4.73. The molecule has 158 valence electrons. The molecule has 4 atom stereocenters. The van der Waals surface area contributed by atoms with Crippen LogP contribution in [0.15, 0.2) is 59.0 Å². The number of thioether (sulfide) groups is 1. The molecule has 0 saturated heterocycles. The smallest absolute Gasteiger partial charge is 0.307 e. The fraction of sp³-hybridized carbons (Fsp3) is 0.292. The quantitative estimate of drug-likeness (QED) is 0.390. The van der Waals surface area contributed by atoms with E-state index in [0.717, 1.165) is 26.7 Å². The van der Waals surface area contributed by atoms with E-state index >= 15 is 0 Å². The number of anilines is 1. The maximum absolute atomic E-state index is 12.9. The van der Waals surface area contributed by atoms with Gasteiger partial charge < -0.3 is 10.4 Å². The summed E-state index contributed by atoms with van der Waals surface area (Å²) < 4.78 is 2.00. The number of nitrogens with zero attached hydrogens (tertiary/aromatic N) is 1. The highest BCUT2D eigenvalue weighted by Gasteiger charge is 2.51. The van der Waals surface area contributed by atoms with Crippen molar-refractivity contribution >= 4 is 50.9 Å². The molecule has 0 radical (unpaired) electrons. The molecule has 1 aromatic heterocycles. The van der Waals surface area contributed by atoms with Crippen LogP contribution < -0.4 is 5.32 Å². The van der Waals surface area contributed by atoms with Crippen molar-refractivity contribution in [3.63, 3.8) is 0 Å². The Balaban J connectivity index is 1.29. The molecular weight excluding hydrogens is 428 g/mol. The lowest BCUT2D eigenvalue weighted by Crippen LogP contribution is -2.36. The molecule has 0 spiro atoms. The summed E-state index contributed by atoms with van der Waals surface area (Å²) in [7, 11) is 0. The van der Waals surface area contributed by atoms with Crippen molar-refractivity contribution in [1.29, 1.82) is 0 Å². The van der Waals surface area contributed by atoms with Crippen molar-refractivity contribution < 1.29 is 14.7 Å². The molecule has 7 heteroatoms. The van der Waals surface area contributed by atoms with Crippen LogP contribution in [0.4, 0.5) is 5.69 Å².